The van der Waals surface area contributed by atoms with E-state index in [1.54, 1.807) is 6.07 Å². The average Bonchev–Trinajstić information content (AvgIpc) is 2.43. The van der Waals surface area contributed by atoms with Crippen LogP contribution in [0.2, 0.25) is 15.1 Å². The Balaban J connectivity index is 2.37. The maximum absolute atomic E-state index is 6.36. The molecule has 0 aliphatic carbocycles. The topological polar surface area (TPSA) is 15.3 Å². The molecule has 5 heteroatoms. The Bertz CT molecular complexity index is 456. The Kier molecular flexibility index (Phi) is 5.55. The minimum atomic E-state index is 0.137. The zero-order valence-electron chi connectivity index (χ0n) is 10.6. The van der Waals surface area contributed by atoms with Gasteiger partial charge in [0.1, 0.15) is 0 Å². The van der Waals surface area contributed by atoms with Gasteiger partial charge in [-0.25, -0.2) is 0 Å². The van der Waals surface area contributed by atoms with Gasteiger partial charge >= 0.3 is 0 Å². The highest BCUT2D eigenvalue weighted by Gasteiger charge is 2.25. The van der Waals surface area contributed by atoms with E-state index in [0.717, 1.165) is 38.2 Å². The fraction of sp³-hybridized carbons (Fsp3) is 0.429. The van der Waals surface area contributed by atoms with Gasteiger partial charge in [-0.2, -0.15) is 0 Å². The summed E-state index contributed by atoms with van der Waals surface area (Å²) in [5.74, 6) is 0. The van der Waals surface area contributed by atoms with Crippen molar-refractivity contribution in [3.05, 3.63) is 45.4 Å². The SMILES string of the molecule is C=CC[C@@H](c1c(Cl)ccc(Cl)c1Cl)N1CCNCC1. The number of benzene rings is 1. The first-order chi connectivity index (χ1) is 9.15. The molecule has 0 unspecified atom stereocenters. The van der Waals surface area contributed by atoms with Gasteiger partial charge in [-0.15, -0.1) is 6.58 Å². The van der Waals surface area contributed by atoms with Crippen LogP contribution < -0.4 is 5.32 Å². The predicted molar refractivity (Wildman–Crippen MR) is 83.5 cm³/mol. The monoisotopic (exact) mass is 318 g/mol. The van der Waals surface area contributed by atoms with Crippen molar-refractivity contribution in [3.8, 4) is 0 Å². The van der Waals surface area contributed by atoms with Gasteiger partial charge in [0.2, 0.25) is 0 Å². The Morgan fingerprint density at radius 2 is 1.84 bits per heavy atom. The lowest BCUT2D eigenvalue weighted by molar-refractivity contribution is 0.174. The van der Waals surface area contributed by atoms with Gasteiger partial charge in [-0.3, -0.25) is 4.90 Å². The van der Waals surface area contributed by atoms with Crippen molar-refractivity contribution in [3.63, 3.8) is 0 Å². The van der Waals surface area contributed by atoms with E-state index in [4.69, 9.17) is 34.8 Å². The normalized spacial score (nSPS) is 18.3. The van der Waals surface area contributed by atoms with Crippen LogP contribution in [0.5, 0.6) is 0 Å². The fourth-order valence-corrected chi connectivity index (χ4v) is 3.24. The summed E-state index contributed by atoms with van der Waals surface area (Å²) in [5.41, 5.74) is 0.914. The maximum atomic E-state index is 6.36. The van der Waals surface area contributed by atoms with E-state index in [0.29, 0.717) is 15.1 Å². The second kappa shape index (κ2) is 6.96. The molecule has 104 valence electrons. The van der Waals surface area contributed by atoms with Crippen molar-refractivity contribution in [2.45, 2.75) is 12.5 Å². The summed E-state index contributed by atoms with van der Waals surface area (Å²) < 4.78 is 0. The second-order valence-corrected chi connectivity index (χ2v) is 5.78. The third-order valence-corrected chi connectivity index (χ3v) is 4.54. The summed E-state index contributed by atoms with van der Waals surface area (Å²) in [5, 5.41) is 5.11. The van der Waals surface area contributed by atoms with Gasteiger partial charge in [-0.05, 0) is 18.6 Å². The van der Waals surface area contributed by atoms with Crippen LogP contribution in [0.3, 0.4) is 0 Å². The van der Waals surface area contributed by atoms with Crippen LogP contribution in [-0.2, 0) is 0 Å². The molecule has 1 N–H and O–H groups in total. The number of halogens is 3. The number of hydrogen-bond acceptors (Lipinski definition) is 2. The van der Waals surface area contributed by atoms with Crippen LogP contribution in [0, 0.1) is 0 Å². The lowest BCUT2D eigenvalue weighted by Gasteiger charge is -2.35. The van der Waals surface area contributed by atoms with E-state index in [1.807, 2.05) is 12.1 Å². The van der Waals surface area contributed by atoms with Gasteiger partial charge in [0, 0.05) is 42.8 Å². The summed E-state index contributed by atoms with van der Waals surface area (Å²) in [7, 11) is 0. The Labute approximate surface area is 129 Å². The highest BCUT2D eigenvalue weighted by Crippen LogP contribution is 2.39. The first-order valence-corrected chi connectivity index (χ1v) is 7.47. The Morgan fingerprint density at radius 1 is 1.21 bits per heavy atom. The van der Waals surface area contributed by atoms with Crippen LogP contribution in [0.25, 0.3) is 0 Å². The average molecular weight is 320 g/mol. The molecule has 1 saturated heterocycles. The number of piperazine rings is 1. The largest absolute Gasteiger partial charge is 0.314 e. The standard InChI is InChI=1S/C14H17Cl3N2/c1-2-3-12(19-8-6-18-7-9-19)13-10(15)4-5-11(16)14(13)17/h2,4-5,12,18H,1,3,6-9H2/t12-/m0/s1. The number of hydrogen-bond donors (Lipinski definition) is 1. The van der Waals surface area contributed by atoms with Crippen molar-refractivity contribution in [1.29, 1.82) is 0 Å². The molecule has 19 heavy (non-hydrogen) atoms. The zero-order valence-corrected chi connectivity index (χ0v) is 12.9. The molecule has 1 atom stereocenters. The zero-order chi connectivity index (χ0) is 13.8. The summed E-state index contributed by atoms with van der Waals surface area (Å²) in [4.78, 5) is 2.38. The quantitative estimate of drug-likeness (QED) is 0.662. The second-order valence-electron chi connectivity index (χ2n) is 4.58. The van der Waals surface area contributed by atoms with E-state index in [9.17, 15) is 0 Å². The molecule has 0 radical (unpaired) electrons. The highest BCUT2D eigenvalue weighted by atomic mass is 35.5. The minimum Gasteiger partial charge on any atom is -0.314 e. The number of nitrogens with zero attached hydrogens (tertiary/aromatic N) is 1. The molecule has 1 aromatic rings. The molecule has 1 fully saturated rings. The number of nitrogens with one attached hydrogen (secondary N) is 1. The molecule has 0 aromatic heterocycles. The van der Waals surface area contributed by atoms with Crippen molar-refractivity contribution in [1.82, 2.24) is 10.2 Å². The van der Waals surface area contributed by atoms with E-state index in [2.05, 4.69) is 16.8 Å². The van der Waals surface area contributed by atoms with Crippen molar-refractivity contribution < 1.29 is 0 Å². The van der Waals surface area contributed by atoms with Gasteiger partial charge < -0.3 is 5.32 Å². The molecule has 0 spiro atoms. The highest BCUT2D eigenvalue weighted by molar-refractivity contribution is 6.44. The predicted octanol–water partition coefficient (Wildman–Crippen LogP) is 4.17. The third-order valence-electron chi connectivity index (χ3n) is 3.39. The Hall–Kier alpha value is -0.250. The summed E-state index contributed by atoms with van der Waals surface area (Å²) in [6.07, 6.45) is 2.71. The van der Waals surface area contributed by atoms with E-state index in [-0.39, 0.29) is 6.04 Å². The fourth-order valence-electron chi connectivity index (χ4n) is 2.45. The molecule has 1 aliphatic heterocycles. The first kappa shape index (κ1) is 15.1. The lowest BCUT2D eigenvalue weighted by Crippen LogP contribution is -2.45. The molecular formula is C14H17Cl3N2. The van der Waals surface area contributed by atoms with Crippen molar-refractivity contribution in [2.24, 2.45) is 0 Å². The molecule has 0 saturated carbocycles. The summed E-state index contributed by atoms with van der Waals surface area (Å²) >= 11 is 18.8. The molecule has 1 heterocycles. The van der Waals surface area contributed by atoms with Gasteiger partial charge in [0.15, 0.2) is 0 Å². The molecule has 1 aromatic carbocycles. The summed E-state index contributed by atoms with van der Waals surface area (Å²) in [6.45, 7) is 7.73. The molecule has 2 nitrogen and oxygen atoms in total. The molecule has 0 amide bonds. The molecule has 0 bridgehead atoms. The van der Waals surface area contributed by atoms with Crippen LogP contribution >= 0.6 is 34.8 Å². The van der Waals surface area contributed by atoms with Gasteiger partial charge in [0.05, 0.1) is 10.0 Å². The van der Waals surface area contributed by atoms with Gasteiger partial charge in [0.25, 0.3) is 0 Å². The van der Waals surface area contributed by atoms with Crippen molar-refractivity contribution >= 4 is 34.8 Å². The molecule has 2 rings (SSSR count). The third kappa shape index (κ3) is 3.45. The van der Waals surface area contributed by atoms with E-state index in [1.165, 1.54) is 0 Å². The smallest absolute Gasteiger partial charge is 0.0655 e. The van der Waals surface area contributed by atoms with E-state index < -0.39 is 0 Å². The minimum absolute atomic E-state index is 0.137. The Morgan fingerprint density at radius 3 is 2.47 bits per heavy atom. The van der Waals surface area contributed by atoms with Crippen LogP contribution in [0.4, 0.5) is 0 Å². The van der Waals surface area contributed by atoms with Crippen LogP contribution in [0.15, 0.2) is 24.8 Å². The first-order valence-electron chi connectivity index (χ1n) is 6.34. The van der Waals surface area contributed by atoms with E-state index >= 15 is 0 Å². The maximum Gasteiger partial charge on any atom is 0.0655 e. The summed E-state index contributed by atoms with van der Waals surface area (Å²) in [6, 6.07) is 3.68. The molecular weight excluding hydrogens is 303 g/mol. The van der Waals surface area contributed by atoms with Gasteiger partial charge in [-0.1, -0.05) is 40.9 Å². The van der Waals surface area contributed by atoms with Crippen LogP contribution in [0.1, 0.15) is 18.0 Å². The van der Waals surface area contributed by atoms with Crippen molar-refractivity contribution in [2.75, 3.05) is 26.2 Å². The number of rotatable bonds is 4. The van der Waals surface area contributed by atoms with Crippen LogP contribution in [-0.4, -0.2) is 31.1 Å². The molecule has 1 aliphatic rings. The lowest BCUT2D eigenvalue weighted by atomic mass is 10.0.